The Bertz CT molecular complexity index is 174. The molecule has 0 amide bonds. The molecule has 96 valence electrons. The van der Waals surface area contributed by atoms with Gasteiger partial charge in [-0.1, -0.05) is 27.7 Å². The van der Waals surface area contributed by atoms with Crippen molar-refractivity contribution in [1.82, 2.24) is 10.2 Å². The van der Waals surface area contributed by atoms with Crippen LogP contribution in [0.2, 0.25) is 0 Å². The second-order valence-corrected chi connectivity index (χ2v) is 6.05. The van der Waals surface area contributed by atoms with Gasteiger partial charge in [0.05, 0.1) is 0 Å². The van der Waals surface area contributed by atoms with E-state index >= 15 is 0 Å². The van der Waals surface area contributed by atoms with E-state index in [1.54, 1.807) is 0 Å². The van der Waals surface area contributed by atoms with E-state index in [0.717, 1.165) is 31.0 Å². The molecule has 1 rings (SSSR count). The maximum Gasteiger partial charge on any atom is 0.0110 e. The standard InChI is InChI=1S/C14H30N2/c1-12(2)7-9-16(14-5-6-14)10-8-15-11-13(3)4/h12-15H,5-11H2,1-4H3. The SMILES string of the molecule is CC(C)CCN(CCNCC(C)C)C1CC1. The molecule has 0 aromatic carbocycles. The van der Waals surface area contributed by atoms with E-state index in [1.807, 2.05) is 0 Å². The Labute approximate surface area is 102 Å². The van der Waals surface area contributed by atoms with Crippen molar-refractivity contribution >= 4 is 0 Å². The van der Waals surface area contributed by atoms with Crippen molar-refractivity contribution < 1.29 is 0 Å². The van der Waals surface area contributed by atoms with Gasteiger partial charge in [0, 0.05) is 19.1 Å². The van der Waals surface area contributed by atoms with Gasteiger partial charge in [0.1, 0.15) is 0 Å². The monoisotopic (exact) mass is 226 g/mol. The number of rotatable bonds is 9. The molecule has 0 aromatic rings. The zero-order chi connectivity index (χ0) is 12.0. The molecule has 0 spiro atoms. The summed E-state index contributed by atoms with van der Waals surface area (Å²) >= 11 is 0. The average molecular weight is 226 g/mol. The highest BCUT2D eigenvalue weighted by molar-refractivity contribution is 4.84. The molecule has 0 unspecified atom stereocenters. The first-order valence-corrected chi connectivity index (χ1v) is 7.04. The van der Waals surface area contributed by atoms with Crippen LogP contribution in [0.5, 0.6) is 0 Å². The van der Waals surface area contributed by atoms with Gasteiger partial charge in [-0.25, -0.2) is 0 Å². The van der Waals surface area contributed by atoms with Gasteiger partial charge in [0.2, 0.25) is 0 Å². The van der Waals surface area contributed by atoms with Gasteiger partial charge in [0.15, 0.2) is 0 Å². The van der Waals surface area contributed by atoms with Crippen LogP contribution in [-0.4, -0.2) is 37.1 Å². The van der Waals surface area contributed by atoms with Crippen LogP contribution in [0.4, 0.5) is 0 Å². The molecule has 2 heteroatoms. The number of nitrogens with zero attached hydrogens (tertiary/aromatic N) is 1. The highest BCUT2D eigenvalue weighted by Crippen LogP contribution is 2.26. The van der Waals surface area contributed by atoms with E-state index < -0.39 is 0 Å². The largest absolute Gasteiger partial charge is 0.315 e. The van der Waals surface area contributed by atoms with Crippen molar-refractivity contribution in [2.45, 2.75) is 53.0 Å². The Kier molecular flexibility index (Phi) is 6.37. The zero-order valence-electron chi connectivity index (χ0n) is 11.6. The highest BCUT2D eigenvalue weighted by atomic mass is 15.2. The van der Waals surface area contributed by atoms with Crippen molar-refractivity contribution in [2.75, 3.05) is 26.2 Å². The lowest BCUT2D eigenvalue weighted by atomic mass is 10.1. The molecule has 1 N–H and O–H groups in total. The Hall–Kier alpha value is -0.0800. The summed E-state index contributed by atoms with van der Waals surface area (Å²) in [4.78, 5) is 2.69. The van der Waals surface area contributed by atoms with Crippen molar-refractivity contribution in [2.24, 2.45) is 11.8 Å². The van der Waals surface area contributed by atoms with Gasteiger partial charge >= 0.3 is 0 Å². The van der Waals surface area contributed by atoms with Crippen molar-refractivity contribution in [1.29, 1.82) is 0 Å². The van der Waals surface area contributed by atoms with Crippen LogP contribution >= 0.6 is 0 Å². The topological polar surface area (TPSA) is 15.3 Å². The van der Waals surface area contributed by atoms with Gasteiger partial charge in [-0.15, -0.1) is 0 Å². The van der Waals surface area contributed by atoms with E-state index in [0.29, 0.717) is 0 Å². The minimum Gasteiger partial charge on any atom is -0.315 e. The van der Waals surface area contributed by atoms with Crippen LogP contribution in [0.15, 0.2) is 0 Å². The summed E-state index contributed by atoms with van der Waals surface area (Å²) in [7, 11) is 0. The molecule has 0 atom stereocenters. The van der Waals surface area contributed by atoms with Crippen LogP contribution in [0.3, 0.4) is 0 Å². The molecule has 0 heterocycles. The Morgan fingerprint density at radius 3 is 2.25 bits per heavy atom. The normalized spacial score (nSPS) is 16.7. The summed E-state index contributed by atoms with van der Waals surface area (Å²) in [6.07, 6.45) is 4.21. The van der Waals surface area contributed by atoms with Crippen molar-refractivity contribution in [3.8, 4) is 0 Å². The molecule has 1 aliphatic rings. The molecule has 0 bridgehead atoms. The van der Waals surface area contributed by atoms with Crippen molar-refractivity contribution in [3.63, 3.8) is 0 Å². The average Bonchev–Trinajstić information content (AvgIpc) is 2.99. The van der Waals surface area contributed by atoms with Gasteiger partial charge in [0.25, 0.3) is 0 Å². The van der Waals surface area contributed by atoms with Crippen LogP contribution < -0.4 is 5.32 Å². The third-order valence-corrected chi connectivity index (χ3v) is 3.19. The second-order valence-electron chi connectivity index (χ2n) is 6.05. The fourth-order valence-electron chi connectivity index (χ4n) is 1.95. The first-order valence-electron chi connectivity index (χ1n) is 7.04. The van der Waals surface area contributed by atoms with Crippen molar-refractivity contribution in [3.05, 3.63) is 0 Å². The molecule has 0 aromatic heterocycles. The number of nitrogens with one attached hydrogen (secondary N) is 1. The summed E-state index contributed by atoms with van der Waals surface area (Å²) < 4.78 is 0. The zero-order valence-corrected chi connectivity index (χ0v) is 11.6. The van der Waals surface area contributed by atoms with Gasteiger partial charge in [-0.2, -0.15) is 0 Å². The molecule has 16 heavy (non-hydrogen) atoms. The fourth-order valence-corrected chi connectivity index (χ4v) is 1.95. The van der Waals surface area contributed by atoms with E-state index in [1.165, 1.54) is 32.4 Å². The first-order chi connectivity index (χ1) is 7.59. The van der Waals surface area contributed by atoms with E-state index in [4.69, 9.17) is 0 Å². The Balaban J connectivity index is 2.08. The maximum atomic E-state index is 3.54. The molecule has 1 saturated carbocycles. The third-order valence-electron chi connectivity index (χ3n) is 3.19. The molecule has 0 radical (unpaired) electrons. The summed E-state index contributed by atoms with van der Waals surface area (Å²) in [5, 5.41) is 3.54. The first kappa shape index (κ1) is 14.0. The molecule has 0 saturated heterocycles. The lowest BCUT2D eigenvalue weighted by Crippen LogP contribution is -2.36. The molecular weight excluding hydrogens is 196 g/mol. The molecule has 1 aliphatic carbocycles. The minimum absolute atomic E-state index is 0.769. The third kappa shape index (κ3) is 6.49. The van der Waals surface area contributed by atoms with Crippen LogP contribution in [0.25, 0.3) is 0 Å². The van der Waals surface area contributed by atoms with E-state index in [2.05, 4.69) is 37.9 Å². The molecule has 1 fully saturated rings. The van der Waals surface area contributed by atoms with Gasteiger partial charge < -0.3 is 5.32 Å². The minimum atomic E-state index is 0.769. The van der Waals surface area contributed by atoms with Gasteiger partial charge in [-0.05, 0) is 44.2 Å². The summed E-state index contributed by atoms with van der Waals surface area (Å²) in [5.74, 6) is 1.61. The lowest BCUT2D eigenvalue weighted by molar-refractivity contribution is 0.246. The maximum absolute atomic E-state index is 3.54. The summed E-state index contributed by atoms with van der Waals surface area (Å²) in [6.45, 7) is 14.0. The number of hydrogen-bond donors (Lipinski definition) is 1. The van der Waals surface area contributed by atoms with E-state index in [9.17, 15) is 0 Å². The molecule has 0 aliphatic heterocycles. The second kappa shape index (κ2) is 7.29. The molecular formula is C14H30N2. The highest BCUT2D eigenvalue weighted by Gasteiger charge is 2.28. The quantitative estimate of drug-likeness (QED) is 0.608. The number of hydrogen-bond acceptors (Lipinski definition) is 2. The predicted molar refractivity (Wildman–Crippen MR) is 71.8 cm³/mol. The van der Waals surface area contributed by atoms with Crippen LogP contribution in [0, 0.1) is 11.8 Å². The Morgan fingerprint density at radius 2 is 1.75 bits per heavy atom. The van der Waals surface area contributed by atoms with Crippen LogP contribution in [0.1, 0.15) is 47.0 Å². The Morgan fingerprint density at radius 1 is 1.06 bits per heavy atom. The van der Waals surface area contributed by atoms with Crippen LogP contribution in [-0.2, 0) is 0 Å². The lowest BCUT2D eigenvalue weighted by Gasteiger charge is -2.23. The molecule has 2 nitrogen and oxygen atoms in total. The van der Waals surface area contributed by atoms with Gasteiger partial charge in [-0.3, -0.25) is 4.90 Å². The van der Waals surface area contributed by atoms with E-state index in [-0.39, 0.29) is 0 Å². The summed E-state index contributed by atoms with van der Waals surface area (Å²) in [6, 6.07) is 0.916. The fraction of sp³-hybridized carbons (Fsp3) is 1.00. The smallest absolute Gasteiger partial charge is 0.0110 e. The predicted octanol–water partition coefficient (Wildman–Crippen LogP) is 2.74. The summed E-state index contributed by atoms with van der Waals surface area (Å²) in [5.41, 5.74) is 0.